The lowest BCUT2D eigenvalue weighted by atomic mass is 9.66. The Kier molecular flexibility index (Phi) is 4.93. The molecule has 0 aliphatic heterocycles. The van der Waals surface area contributed by atoms with E-state index in [0.717, 1.165) is 49.2 Å². The Morgan fingerprint density at radius 1 is 0.917 bits per heavy atom. The standard InChI is InChI=1S/C21H26O3/c1-20(14-15-22)10-12-21(23,13-11-20)17-6-5-9-19(16-17)24-18-7-3-2-4-8-18/h2-9,16,22-23H,10-15H2,1H3. The van der Waals surface area contributed by atoms with Gasteiger partial charge in [-0.1, -0.05) is 37.3 Å². The van der Waals surface area contributed by atoms with E-state index in [2.05, 4.69) is 6.92 Å². The molecule has 2 N–H and O–H groups in total. The van der Waals surface area contributed by atoms with Crippen LogP contribution in [0.25, 0.3) is 0 Å². The molecule has 24 heavy (non-hydrogen) atoms. The Morgan fingerprint density at radius 3 is 2.25 bits per heavy atom. The molecule has 3 rings (SSSR count). The fourth-order valence-electron chi connectivity index (χ4n) is 3.55. The molecule has 3 heteroatoms. The van der Waals surface area contributed by atoms with Gasteiger partial charge in [-0.25, -0.2) is 0 Å². The molecule has 0 aromatic heterocycles. The van der Waals surface area contributed by atoms with Gasteiger partial charge in [-0.15, -0.1) is 0 Å². The van der Waals surface area contributed by atoms with Crippen LogP contribution in [-0.2, 0) is 5.60 Å². The van der Waals surface area contributed by atoms with Crippen LogP contribution in [0.4, 0.5) is 0 Å². The molecule has 0 spiro atoms. The van der Waals surface area contributed by atoms with Crippen LogP contribution in [0.1, 0.15) is 44.6 Å². The molecule has 1 aliphatic carbocycles. The van der Waals surface area contributed by atoms with E-state index in [0.29, 0.717) is 0 Å². The van der Waals surface area contributed by atoms with Crippen LogP contribution in [0.3, 0.4) is 0 Å². The van der Waals surface area contributed by atoms with E-state index >= 15 is 0 Å². The maximum Gasteiger partial charge on any atom is 0.127 e. The van der Waals surface area contributed by atoms with Crippen LogP contribution in [-0.4, -0.2) is 16.8 Å². The summed E-state index contributed by atoms with van der Waals surface area (Å²) in [5.41, 5.74) is 0.256. The molecule has 0 heterocycles. The van der Waals surface area contributed by atoms with Crippen molar-refractivity contribution in [2.75, 3.05) is 6.61 Å². The molecule has 1 fully saturated rings. The van der Waals surface area contributed by atoms with Crippen LogP contribution in [0.15, 0.2) is 54.6 Å². The molecule has 0 bridgehead atoms. The predicted molar refractivity (Wildman–Crippen MR) is 95.1 cm³/mol. The monoisotopic (exact) mass is 326 g/mol. The quantitative estimate of drug-likeness (QED) is 0.842. The minimum absolute atomic E-state index is 0.138. The average molecular weight is 326 g/mol. The van der Waals surface area contributed by atoms with E-state index in [1.165, 1.54) is 0 Å². The van der Waals surface area contributed by atoms with Crippen molar-refractivity contribution in [1.82, 2.24) is 0 Å². The van der Waals surface area contributed by atoms with Gasteiger partial charge in [0.05, 0.1) is 5.60 Å². The second kappa shape index (κ2) is 6.96. The van der Waals surface area contributed by atoms with Crippen LogP contribution in [0.5, 0.6) is 11.5 Å². The minimum atomic E-state index is -0.801. The Bertz CT molecular complexity index is 658. The Balaban J connectivity index is 1.74. The summed E-state index contributed by atoms with van der Waals surface area (Å²) in [5, 5.41) is 20.3. The molecule has 1 aliphatic rings. The fraction of sp³-hybridized carbons (Fsp3) is 0.429. The first-order valence-electron chi connectivity index (χ1n) is 8.70. The summed E-state index contributed by atoms with van der Waals surface area (Å²) in [6.45, 7) is 2.42. The molecular formula is C21H26O3. The number of aliphatic hydroxyl groups is 2. The highest BCUT2D eigenvalue weighted by Gasteiger charge is 2.39. The average Bonchev–Trinajstić information content (AvgIpc) is 2.59. The number of ether oxygens (including phenoxy) is 1. The lowest BCUT2D eigenvalue weighted by Crippen LogP contribution is -2.36. The van der Waals surface area contributed by atoms with Crippen molar-refractivity contribution < 1.29 is 14.9 Å². The highest BCUT2D eigenvalue weighted by Crippen LogP contribution is 2.47. The van der Waals surface area contributed by atoms with Gasteiger partial charge in [-0.3, -0.25) is 0 Å². The normalized spacial score (nSPS) is 27.0. The smallest absolute Gasteiger partial charge is 0.127 e. The number of aliphatic hydroxyl groups excluding tert-OH is 1. The number of rotatable bonds is 5. The molecule has 0 atom stereocenters. The first-order chi connectivity index (χ1) is 11.5. The van der Waals surface area contributed by atoms with Crippen LogP contribution < -0.4 is 4.74 Å². The number of hydrogen-bond donors (Lipinski definition) is 2. The Labute approximate surface area is 143 Å². The van der Waals surface area contributed by atoms with E-state index in [9.17, 15) is 10.2 Å². The van der Waals surface area contributed by atoms with Crippen molar-refractivity contribution in [3.8, 4) is 11.5 Å². The van der Waals surface area contributed by atoms with Gasteiger partial charge in [0.1, 0.15) is 11.5 Å². The summed E-state index contributed by atoms with van der Waals surface area (Å²) in [7, 11) is 0. The fourth-order valence-corrected chi connectivity index (χ4v) is 3.55. The molecule has 3 nitrogen and oxygen atoms in total. The number of hydrogen-bond acceptors (Lipinski definition) is 3. The summed E-state index contributed by atoms with van der Waals surface area (Å²) in [6.07, 6.45) is 4.10. The van der Waals surface area contributed by atoms with E-state index < -0.39 is 5.60 Å². The van der Waals surface area contributed by atoms with Crippen LogP contribution in [0.2, 0.25) is 0 Å². The maximum atomic E-state index is 11.1. The molecule has 0 radical (unpaired) electrons. The van der Waals surface area contributed by atoms with Crippen molar-refractivity contribution in [3.63, 3.8) is 0 Å². The van der Waals surface area contributed by atoms with Crippen molar-refractivity contribution >= 4 is 0 Å². The Hall–Kier alpha value is -1.84. The molecule has 0 unspecified atom stereocenters. The van der Waals surface area contributed by atoms with E-state index in [1.54, 1.807) is 0 Å². The SMILES string of the molecule is CC1(CCO)CCC(O)(c2cccc(Oc3ccccc3)c2)CC1. The van der Waals surface area contributed by atoms with Gasteiger partial charge in [0.15, 0.2) is 0 Å². The zero-order chi connectivity index (χ0) is 17.0. The molecule has 0 amide bonds. The third kappa shape index (κ3) is 3.80. The van der Waals surface area contributed by atoms with Gasteiger partial charge in [-0.2, -0.15) is 0 Å². The van der Waals surface area contributed by atoms with E-state index in [1.807, 2.05) is 54.6 Å². The zero-order valence-electron chi connectivity index (χ0n) is 14.2. The van der Waals surface area contributed by atoms with Crippen molar-refractivity contribution in [1.29, 1.82) is 0 Å². The second-order valence-electron chi connectivity index (χ2n) is 7.26. The molecule has 2 aromatic rings. The number of benzene rings is 2. The van der Waals surface area contributed by atoms with Crippen LogP contribution >= 0.6 is 0 Å². The first-order valence-corrected chi connectivity index (χ1v) is 8.70. The van der Waals surface area contributed by atoms with E-state index in [4.69, 9.17) is 4.74 Å². The van der Waals surface area contributed by atoms with E-state index in [-0.39, 0.29) is 12.0 Å². The van der Waals surface area contributed by atoms with Gasteiger partial charge >= 0.3 is 0 Å². The topological polar surface area (TPSA) is 49.7 Å². The maximum absolute atomic E-state index is 11.1. The Morgan fingerprint density at radius 2 is 1.58 bits per heavy atom. The summed E-state index contributed by atoms with van der Waals surface area (Å²) >= 11 is 0. The molecular weight excluding hydrogens is 300 g/mol. The highest BCUT2D eigenvalue weighted by molar-refractivity contribution is 5.36. The molecule has 1 saturated carbocycles. The van der Waals surface area contributed by atoms with Crippen LogP contribution in [0, 0.1) is 5.41 Å². The highest BCUT2D eigenvalue weighted by atomic mass is 16.5. The van der Waals surface area contributed by atoms with Gasteiger partial charge in [0.25, 0.3) is 0 Å². The first kappa shape index (κ1) is 17.0. The minimum Gasteiger partial charge on any atom is -0.457 e. The van der Waals surface area contributed by atoms with Gasteiger partial charge < -0.3 is 14.9 Å². The molecule has 128 valence electrons. The van der Waals surface area contributed by atoms with Crippen molar-refractivity contribution in [3.05, 3.63) is 60.2 Å². The number of para-hydroxylation sites is 1. The predicted octanol–water partition coefficient (Wildman–Crippen LogP) is 4.63. The lowest BCUT2D eigenvalue weighted by Gasteiger charge is -2.42. The third-order valence-corrected chi connectivity index (χ3v) is 5.35. The van der Waals surface area contributed by atoms with Gasteiger partial charge in [-0.05, 0) is 67.3 Å². The second-order valence-corrected chi connectivity index (χ2v) is 7.26. The van der Waals surface area contributed by atoms with Gasteiger partial charge in [0.2, 0.25) is 0 Å². The largest absolute Gasteiger partial charge is 0.457 e. The molecule has 0 saturated heterocycles. The van der Waals surface area contributed by atoms with Crippen molar-refractivity contribution in [2.24, 2.45) is 5.41 Å². The third-order valence-electron chi connectivity index (χ3n) is 5.35. The summed E-state index contributed by atoms with van der Waals surface area (Å²) in [6, 6.07) is 17.5. The summed E-state index contributed by atoms with van der Waals surface area (Å²) in [5.74, 6) is 1.54. The zero-order valence-corrected chi connectivity index (χ0v) is 14.2. The summed E-state index contributed by atoms with van der Waals surface area (Å²) in [4.78, 5) is 0. The molecule has 2 aromatic carbocycles. The lowest BCUT2D eigenvalue weighted by molar-refractivity contribution is -0.0399. The van der Waals surface area contributed by atoms with Crippen molar-refractivity contribution in [2.45, 2.75) is 44.6 Å². The summed E-state index contributed by atoms with van der Waals surface area (Å²) < 4.78 is 5.89. The van der Waals surface area contributed by atoms with Gasteiger partial charge in [0, 0.05) is 6.61 Å².